The van der Waals surface area contributed by atoms with E-state index in [-0.39, 0.29) is 18.4 Å². The molecule has 0 N–H and O–H groups in total. The lowest BCUT2D eigenvalue weighted by Gasteiger charge is -2.48. The largest absolute Gasteiger partial charge is 0.416 e. The molecular formula is C19H23F3N2O2. The lowest BCUT2D eigenvalue weighted by molar-refractivity contribution is -0.139. The number of piperazine rings is 1. The van der Waals surface area contributed by atoms with Gasteiger partial charge in [0, 0.05) is 25.7 Å². The number of ether oxygens (including phenoxy) is 1. The van der Waals surface area contributed by atoms with Crippen LogP contribution in [0.15, 0.2) is 24.3 Å². The molecule has 1 amide bonds. The van der Waals surface area contributed by atoms with Crippen LogP contribution >= 0.6 is 0 Å². The summed E-state index contributed by atoms with van der Waals surface area (Å²) in [5.74, 6) is 0.713. The van der Waals surface area contributed by atoms with Gasteiger partial charge in [-0.05, 0) is 36.5 Å². The molecule has 26 heavy (non-hydrogen) atoms. The van der Waals surface area contributed by atoms with Crippen LogP contribution in [0.3, 0.4) is 0 Å². The van der Waals surface area contributed by atoms with Crippen LogP contribution in [0.5, 0.6) is 0 Å². The number of rotatable bonds is 3. The van der Waals surface area contributed by atoms with Gasteiger partial charge < -0.3 is 9.64 Å². The molecule has 0 spiro atoms. The zero-order valence-electron chi connectivity index (χ0n) is 14.5. The highest BCUT2D eigenvalue weighted by atomic mass is 19.4. The van der Waals surface area contributed by atoms with Gasteiger partial charge in [-0.3, -0.25) is 9.69 Å². The summed E-state index contributed by atoms with van der Waals surface area (Å²) in [4.78, 5) is 16.9. The summed E-state index contributed by atoms with van der Waals surface area (Å²) >= 11 is 0. The summed E-state index contributed by atoms with van der Waals surface area (Å²) in [6.07, 6.45) is -1.67. The summed E-state index contributed by atoms with van der Waals surface area (Å²) in [5, 5.41) is 0. The minimum absolute atomic E-state index is 0.0297. The number of amides is 1. The molecule has 2 heterocycles. The van der Waals surface area contributed by atoms with Crippen molar-refractivity contribution in [2.75, 3.05) is 32.8 Å². The topological polar surface area (TPSA) is 32.8 Å². The monoisotopic (exact) mass is 368 g/mol. The number of carbonyl (C=O) groups excluding carboxylic acids is 1. The van der Waals surface area contributed by atoms with Crippen molar-refractivity contribution in [2.45, 2.75) is 37.5 Å². The number of carbonyl (C=O) groups is 1. The van der Waals surface area contributed by atoms with Crippen LogP contribution in [0, 0.1) is 5.92 Å². The molecular weight excluding hydrogens is 345 g/mol. The van der Waals surface area contributed by atoms with E-state index in [1.807, 2.05) is 4.90 Å². The average Bonchev–Trinajstić information content (AvgIpc) is 3.45. The summed E-state index contributed by atoms with van der Waals surface area (Å²) < 4.78 is 43.7. The van der Waals surface area contributed by atoms with Gasteiger partial charge in [0.2, 0.25) is 5.91 Å². The molecule has 1 aliphatic carbocycles. The number of nitrogens with zero attached hydrogens (tertiary/aromatic N) is 2. The standard InChI is InChI=1S/C19H23F3N2O2/c20-19(21,22)15-5-1-13(2-6-15)9-18(25)23-7-8-24-16(10-23)11-26-12-17(24)14-3-4-14/h1-2,5-6,14,16-17H,3-4,7-12H2/t16-,17-/m1/s1. The molecule has 4 rings (SSSR count). The second-order valence-electron chi connectivity index (χ2n) is 7.55. The molecule has 3 aliphatic rings. The van der Waals surface area contributed by atoms with E-state index in [1.54, 1.807) is 0 Å². The van der Waals surface area contributed by atoms with Gasteiger partial charge in [-0.1, -0.05) is 12.1 Å². The third-order valence-corrected chi connectivity index (χ3v) is 5.71. The van der Waals surface area contributed by atoms with Crippen molar-refractivity contribution in [2.24, 2.45) is 5.92 Å². The van der Waals surface area contributed by atoms with E-state index in [4.69, 9.17) is 4.74 Å². The zero-order chi connectivity index (χ0) is 18.3. The van der Waals surface area contributed by atoms with Crippen LogP contribution in [0.4, 0.5) is 13.2 Å². The molecule has 0 radical (unpaired) electrons. The smallest absolute Gasteiger partial charge is 0.378 e. The lowest BCUT2D eigenvalue weighted by atomic mass is 10.0. The van der Waals surface area contributed by atoms with E-state index in [0.29, 0.717) is 31.3 Å². The molecule has 2 saturated heterocycles. The molecule has 4 nitrogen and oxygen atoms in total. The highest BCUT2D eigenvalue weighted by Crippen LogP contribution is 2.38. The Balaban J connectivity index is 1.35. The summed E-state index contributed by atoms with van der Waals surface area (Å²) in [7, 11) is 0. The van der Waals surface area contributed by atoms with Crippen molar-refractivity contribution in [1.82, 2.24) is 9.80 Å². The highest BCUT2D eigenvalue weighted by molar-refractivity contribution is 5.79. The van der Waals surface area contributed by atoms with Crippen LogP contribution in [0.25, 0.3) is 0 Å². The maximum Gasteiger partial charge on any atom is 0.416 e. The first kappa shape index (κ1) is 17.8. The molecule has 3 fully saturated rings. The molecule has 1 aromatic rings. The van der Waals surface area contributed by atoms with Crippen molar-refractivity contribution in [3.8, 4) is 0 Å². The fourth-order valence-corrected chi connectivity index (χ4v) is 4.09. The van der Waals surface area contributed by atoms with Gasteiger partial charge in [0.05, 0.1) is 31.2 Å². The first-order valence-electron chi connectivity index (χ1n) is 9.19. The number of hydrogen-bond acceptors (Lipinski definition) is 3. The minimum atomic E-state index is -4.35. The van der Waals surface area contributed by atoms with Gasteiger partial charge in [-0.15, -0.1) is 0 Å². The third kappa shape index (κ3) is 3.74. The fourth-order valence-electron chi connectivity index (χ4n) is 4.09. The van der Waals surface area contributed by atoms with Crippen LogP contribution in [-0.2, 0) is 22.1 Å². The molecule has 1 aromatic carbocycles. The van der Waals surface area contributed by atoms with Crippen molar-refractivity contribution in [1.29, 1.82) is 0 Å². The molecule has 2 atom stereocenters. The van der Waals surface area contributed by atoms with Gasteiger partial charge in [0.25, 0.3) is 0 Å². The number of fused-ring (bicyclic) bond motifs is 1. The SMILES string of the molecule is O=C(Cc1ccc(C(F)(F)F)cc1)N1CCN2[C@@H](COC[C@@H]2C2CC2)C1. The van der Waals surface area contributed by atoms with Gasteiger partial charge in [0.15, 0.2) is 0 Å². The number of morpholine rings is 1. The first-order valence-corrected chi connectivity index (χ1v) is 9.19. The second kappa shape index (κ2) is 6.85. The highest BCUT2D eigenvalue weighted by Gasteiger charge is 2.43. The maximum atomic E-state index is 12.6. The molecule has 142 valence electrons. The van der Waals surface area contributed by atoms with Crippen LogP contribution in [0.2, 0.25) is 0 Å². The third-order valence-electron chi connectivity index (χ3n) is 5.71. The van der Waals surface area contributed by atoms with E-state index in [1.165, 1.54) is 25.0 Å². The molecule has 2 aliphatic heterocycles. The zero-order valence-corrected chi connectivity index (χ0v) is 14.5. The Morgan fingerprint density at radius 2 is 1.85 bits per heavy atom. The Morgan fingerprint density at radius 1 is 1.12 bits per heavy atom. The number of hydrogen-bond donors (Lipinski definition) is 0. The van der Waals surface area contributed by atoms with Crippen LogP contribution < -0.4 is 0 Å². The Bertz CT molecular complexity index is 658. The van der Waals surface area contributed by atoms with Crippen molar-refractivity contribution in [3.05, 3.63) is 35.4 Å². The Kier molecular flexibility index (Phi) is 4.69. The van der Waals surface area contributed by atoms with Crippen LogP contribution in [0.1, 0.15) is 24.0 Å². The normalized spacial score (nSPS) is 27.3. The average molecular weight is 368 g/mol. The summed E-state index contributed by atoms with van der Waals surface area (Å²) in [6.45, 7) is 3.61. The van der Waals surface area contributed by atoms with Crippen molar-refractivity contribution >= 4 is 5.91 Å². The van der Waals surface area contributed by atoms with Crippen LogP contribution in [-0.4, -0.2) is 60.6 Å². The van der Waals surface area contributed by atoms with Gasteiger partial charge >= 0.3 is 6.18 Å². The van der Waals surface area contributed by atoms with E-state index < -0.39 is 11.7 Å². The number of benzene rings is 1. The minimum Gasteiger partial charge on any atom is -0.378 e. The van der Waals surface area contributed by atoms with Gasteiger partial charge in [0.1, 0.15) is 0 Å². The second-order valence-corrected chi connectivity index (χ2v) is 7.55. The van der Waals surface area contributed by atoms with E-state index in [9.17, 15) is 18.0 Å². The van der Waals surface area contributed by atoms with Gasteiger partial charge in [-0.25, -0.2) is 0 Å². The summed E-state index contributed by atoms with van der Waals surface area (Å²) in [6, 6.07) is 5.58. The Morgan fingerprint density at radius 3 is 2.50 bits per heavy atom. The lowest BCUT2D eigenvalue weighted by Crippen LogP contribution is -2.63. The first-order chi connectivity index (χ1) is 12.4. The maximum absolute atomic E-state index is 12.6. The van der Waals surface area contributed by atoms with E-state index in [0.717, 1.165) is 31.2 Å². The number of alkyl halides is 3. The van der Waals surface area contributed by atoms with E-state index in [2.05, 4.69) is 4.90 Å². The Labute approximate surface area is 150 Å². The molecule has 0 bridgehead atoms. The molecule has 0 aromatic heterocycles. The molecule has 1 saturated carbocycles. The predicted molar refractivity (Wildman–Crippen MR) is 89.6 cm³/mol. The summed E-state index contributed by atoms with van der Waals surface area (Å²) in [5.41, 5.74) is -0.0750. The van der Waals surface area contributed by atoms with Crippen molar-refractivity contribution in [3.63, 3.8) is 0 Å². The molecule has 7 heteroatoms. The predicted octanol–water partition coefficient (Wildman–Crippen LogP) is 2.57. The quantitative estimate of drug-likeness (QED) is 0.822. The number of halogens is 3. The van der Waals surface area contributed by atoms with Gasteiger partial charge in [-0.2, -0.15) is 13.2 Å². The van der Waals surface area contributed by atoms with E-state index >= 15 is 0 Å². The van der Waals surface area contributed by atoms with Crippen molar-refractivity contribution < 1.29 is 22.7 Å². The fraction of sp³-hybridized carbons (Fsp3) is 0.632. The molecule has 0 unspecified atom stereocenters. The Hall–Kier alpha value is -1.60.